The molecule has 0 spiro atoms. The Morgan fingerprint density at radius 2 is 2.11 bits per heavy atom. The van der Waals surface area contributed by atoms with E-state index in [2.05, 4.69) is 10.3 Å². The van der Waals surface area contributed by atoms with Gasteiger partial charge in [0.2, 0.25) is 0 Å². The molecule has 4 heteroatoms. The van der Waals surface area contributed by atoms with Gasteiger partial charge in [0.15, 0.2) is 0 Å². The van der Waals surface area contributed by atoms with E-state index in [1.165, 1.54) is 0 Å². The summed E-state index contributed by atoms with van der Waals surface area (Å²) in [5.41, 5.74) is 3.83. The summed E-state index contributed by atoms with van der Waals surface area (Å²) in [7, 11) is 0. The summed E-state index contributed by atoms with van der Waals surface area (Å²) in [4.78, 5) is 15.5. The lowest BCUT2D eigenvalue weighted by molar-refractivity contribution is 0.0698. The Labute approximate surface area is 112 Å². The summed E-state index contributed by atoms with van der Waals surface area (Å²) in [6.07, 6.45) is 1.73. The van der Waals surface area contributed by atoms with Crippen molar-refractivity contribution in [3.63, 3.8) is 0 Å². The second-order valence-electron chi connectivity index (χ2n) is 4.47. The van der Waals surface area contributed by atoms with Gasteiger partial charge >= 0.3 is 5.97 Å². The first-order chi connectivity index (χ1) is 9.08. The van der Waals surface area contributed by atoms with Crippen LogP contribution in [0.15, 0.2) is 36.5 Å². The van der Waals surface area contributed by atoms with Crippen LogP contribution in [0.4, 0.5) is 5.69 Å². The topological polar surface area (TPSA) is 62.2 Å². The van der Waals surface area contributed by atoms with Crippen molar-refractivity contribution in [1.29, 1.82) is 0 Å². The van der Waals surface area contributed by atoms with Gasteiger partial charge in [-0.15, -0.1) is 0 Å². The summed E-state index contributed by atoms with van der Waals surface area (Å²) in [5.74, 6) is -0.927. The molecule has 0 atom stereocenters. The lowest BCUT2D eigenvalue weighted by Crippen LogP contribution is -2.08. The number of hydrogen-bond acceptors (Lipinski definition) is 3. The minimum atomic E-state index is -0.927. The van der Waals surface area contributed by atoms with Gasteiger partial charge < -0.3 is 10.4 Å². The van der Waals surface area contributed by atoms with Crippen molar-refractivity contribution in [2.75, 3.05) is 5.32 Å². The van der Waals surface area contributed by atoms with Crippen LogP contribution in [0.1, 0.15) is 27.2 Å². The molecule has 2 aromatic rings. The lowest BCUT2D eigenvalue weighted by atomic mass is 10.1. The number of carboxylic acids is 1. The van der Waals surface area contributed by atoms with E-state index < -0.39 is 5.97 Å². The van der Waals surface area contributed by atoms with Gasteiger partial charge in [-0.25, -0.2) is 4.79 Å². The summed E-state index contributed by atoms with van der Waals surface area (Å²) in [6, 6.07) is 9.21. The Balaban J connectivity index is 2.20. The highest BCUT2D eigenvalue weighted by atomic mass is 16.4. The molecule has 0 radical (unpaired) electrons. The number of hydrogen-bond donors (Lipinski definition) is 2. The number of aromatic nitrogens is 1. The molecule has 0 fully saturated rings. The van der Waals surface area contributed by atoms with Gasteiger partial charge in [-0.05, 0) is 37.6 Å². The Kier molecular flexibility index (Phi) is 3.80. The number of benzene rings is 1. The Morgan fingerprint density at radius 3 is 2.79 bits per heavy atom. The number of carboxylic acid groups (broad SMARTS) is 1. The highest BCUT2D eigenvalue weighted by Gasteiger charge is 2.10. The molecule has 0 amide bonds. The summed E-state index contributed by atoms with van der Waals surface area (Å²) < 4.78 is 0. The maximum Gasteiger partial charge on any atom is 0.337 e. The van der Waals surface area contributed by atoms with Crippen LogP contribution in [-0.2, 0) is 6.54 Å². The summed E-state index contributed by atoms with van der Waals surface area (Å²) in [6.45, 7) is 4.37. The van der Waals surface area contributed by atoms with Crippen molar-refractivity contribution >= 4 is 11.7 Å². The van der Waals surface area contributed by atoms with Crippen LogP contribution >= 0.6 is 0 Å². The zero-order valence-corrected chi connectivity index (χ0v) is 11.0. The van der Waals surface area contributed by atoms with Crippen molar-refractivity contribution in [2.24, 2.45) is 0 Å². The third-order valence-corrected chi connectivity index (χ3v) is 2.97. The lowest BCUT2D eigenvalue weighted by Gasteiger charge is -2.11. The average Bonchev–Trinajstić information content (AvgIpc) is 2.38. The Bertz CT molecular complexity index is 609. The monoisotopic (exact) mass is 256 g/mol. The SMILES string of the molecule is Cc1ccc(NCc2ncccc2C)c(C(=O)O)c1. The predicted molar refractivity (Wildman–Crippen MR) is 74.4 cm³/mol. The van der Waals surface area contributed by atoms with Gasteiger partial charge in [0.1, 0.15) is 0 Å². The number of anilines is 1. The molecule has 0 saturated carbocycles. The van der Waals surface area contributed by atoms with Crippen molar-refractivity contribution in [1.82, 2.24) is 4.98 Å². The molecule has 0 aliphatic rings. The van der Waals surface area contributed by atoms with E-state index in [1.807, 2.05) is 32.0 Å². The second kappa shape index (κ2) is 5.52. The maximum atomic E-state index is 11.2. The molecule has 98 valence electrons. The van der Waals surface area contributed by atoms with Gasteiger partial charge in [0.05, 0.1) is 17.8 Å². The maximum absolute atomic E-state index is 11.2. The average molecular weight is 256 g/mol. The quantitative estimate of drug-likeness (QED) is 0.882. The molecule has 1 aromatic carbocycles. The number of rotatable bonds is 4. The number of aromatic carboxylic acids is 1. The second-order valence-corrected chi connectivity index (χ2v) is 4.47. The number of nitrogens with zero attached hydrogens (tertiary/aromatic N) is 1. The molecule has 0 bridgehead atoms. The van der Waals surface area contributed by atoms with E-state index >= 15 is 0 Å². The van der Waals surface area contributed by atoms with Crippen molar-refractivity contribution in [2.45, 2.75) is 20.4 Å². The number of aryl methyl sites for hydroxylation is 2. The molecule has 0 aliphatic carbocycles. The minimum Gasteiger partial charge on any atom is -0.478 e. The third kappa shape index (κ3) is 3.10. The molecule has 1 heterocycles. The van der Waals surface area contributed by atoms with E-state index in [-0.39, 0.29) is 5.56 Å². The molecule has 2 N–H and O–H groups in total. The molecular weight excluding hydrogens is 240 g/mol. The zero-order chi connectivity index (χ0) is 13.8. The van der Waals surface area contributed by atoms with E-state index in [4.69, 9.17) is 0 Å². The van der Waals surface area contributed by atoms with Crippen molar-refractivity contribution < 1.29 is 9.90 Å². The third-order valence-electron chi connectivity index (χ3n) is 2.97. The van der Waals surface area contributed by atoms with Gasteiger partial charge in [-0.3, -0.25) is 4.98 Å². The van der Waals surface area contributed by atoms with Crippen molar-refractivity contribution in [3.05, 3.63) is 58.9 Å². The Morgan fingerprint density at radius 1 is 1.32 bits per heavy atom. The van der Waals surface area contributed by atoms with Gasteiger partial charge in [0, 0.05) is 11.9 Å². The molecule has 4 nitrogen and oxygen atoms in total. The normalized spacial score (nSPS) is 10.2. The van der Waals surface area contributed by atoms with E-state index in [1.54, 1.807) is 18.3 Å². The van der Waals surface area contributed by atoms with Crippen LogP contribution in [0, 0.1) is 13.8 Å². The molecular formula is C15H16N2O2. The smallest absolute Gasteiger partial charge is 0.337 e. The highest BCUT2D eigenvalue weighted by Crippen LogP contribution is 2.18. The van der Waals surface area contributed by atoms with Crippen LogP contribution in [0.5, 0.6) is 0 Å². The summed E-state index contributed by atoms with van der Waals surface area (Å²) >= 11 is 0. The minimum absolute atomic E-state index is 0.286. The van der Waals surface area contributed by atoms with Crippen LogP contribution in [0.2, 0.25) is 0 Å². The standard InChI is InChI=1S/C15H16N2O2/c1-10-5-6-13(12(8-10)15(18)19)17-9-14-11(2)4-3-7-16-14/h3-8,17H,9H2,1-2H3,(H,18,19). The largest absolute Gasteiger partial charge is 0.478 e. The fraction of sp³-hybridized carbons (Fsp3) is 0.200. The predicted octanol–water partition coefficient (Wildman–Crippen LogP) is 3.01. The Hall–Kier alpha value is -2.36. The van der Waals surface area contributed by atoms with E-state index in [0.717, 1.165) is 16.8 Å². The van der Waals surface area contributed by atoms with E-state index in [0.29, 0.717) is 12.2 Å². The molecule has 0 saturated heterocycles. The first kappa shape index (κ1) is 13.1. The fourth-order valence-electron chi connectivity index (χ4n) is 1.87. The van der Waals surface area contributed by atoms with Gasteiger partial charge in [-0.2, -0.15) is 0 Å². The number of pyridine rings is 1. The fourth-order valence-corrected chi connectivity index (χ4v) is 1.87. The summed E-state index contributed by atoms with van der Waals surface area (Å²) in [5, 5.41) is 12.3. The molecule has 1 aromatic heterocycles. The van der Waals surface area contributed by atoms with Crippen LogP contribution in [0.3, 0.4) is 0 Å². The molecule has 0 unspecified atom stereocenters. The van der Waals surface area contributed by atoms with Crippen LogP contribution in [0.25, 0.3) is 0 Å². The zero-order valence-electron chi connectivity index (χ0n) is 11.0. The first-order valence-corrected chi connectivity index (χ1v) is 6.06. The van der Waals surface area contributed by atoms with Gasteiger partial charge in [-0.1, -0.05) is 17.7 Å². The first-order valence-electron chi connectivity index (χ1n) is 6.06. The van der Waals surface area contributed by atoms with Gasteiger partial charge in [0.25, 0.3) is 0 Å². The van der Waals surface area contributed by atoms with Crippen molar-refractivity contribution in [3.8, 4) is 0 Å². The number of carbonyl (C=O) groups is 1. The molecule has 19 heavy (non-hydrogen) atoms. The van der Waals surface area contributed by atoms with Crippen LogP contribution in [-0.4, -0.2) is 16.1 Å². The number of nitrogens with one attached hydrogen (secondary N) is 1. The molecule has 0 aliphatic heterocycles. The highest BCUT2D eigenvalue weighted by molar-refractivity contribution is 5.94. The molecule has 2 rings (SSSR count). The van der Waals surface area contributed by atoms with E-state index in [9.17, 15) is 9.90 Å². The van der Waals surface area contributed by atoms with Crippen LogP contribution < -0.4 is 5.32 Å².